The summed E-state index contributed by atoms with van der Waals surface area (Å²) in [6, 6.07) is 6.53. The van der Waals surface area contributed by atoms with E-state index in [1.54, 1.807) is 32.9 Å². The second-order valence-corrected chi connectivity index (χ2v) is 7.37. The normalized spacial score (nSPS) is 12.6. The van der Waals surface area contributed by atoms with Crippen molar-refractivity contribution in [3.8, 4) is 0 Å². The van der Waals surface area contributed by atoms with E-state index in [1.807, 2.05) is 6.92 Å². The Morgan fingerprint density at radius 2 is 1.81 bits per heavy atom. The predicted octanol–water partition coefficient (Wildman–Crippen LogP) is 2.17. The molecule has 1 rings (SSSR count). The quantitative estimate of drug-likeness (QED) is 0.668. The summed E-state index contributed by atoms with van der Waals surface area (Å²) in [4.78, 5) is 11.6. The van der Waals surface area contributed by atoms with E-state index in [4.69, 9.17) is 4.74 Å². The number of carbonyl (C=O) groups is 1. The molecule has 0 radical (unpaired) electrons. The molecule has 0 saturated carbocycles. The lowest BCUT2D eigenvalue weighted by atomic mass is 10.2. The van der Waals surface area contributed by atoms with Crippen LogP contribution < -0.4 is 4.72 Å². The minimum Gasteiger partial charge on any atom is -0.457 e. The van der Waals surface area contributed by atoms with Crippen molar-refractivity contribution in [3.05, 3.63) is 42.0 Å². The maximum absolute atomic E-state index is 12.0. The molecule has 21 heavy (non-hydrogen) atoms. The van der Waals surface area contributed by atoms with Crippen LogP contribution in [0.2, 0.25) is 0 Å². The van der Waals surface area contributed by atoms with E-state index < -0.39 is 21.6 Å². The van der Waals surface area contributed by atoms with Crippen molar-refractivity contribution in [2.24, 2.45) is 0 Å². The molecule has 0 aromatic heterocycles. The van der Waals surface area contributed by atoms with Gasteiger partial charge in [0.25, 0.3) is 0 Å². The number of hydrogen-bond donors (Lipinski definition) is 1. The Balaban J connectivity index is 2.55. The van der Waals surface area contributed by atoms with E-state index in [0.29, 0.717) is 0 Å². The second-order valence-electron chi connectivity index (χ2n) is 5.60. The molecular weight excluding hydrogens is 290 g/mol. The van der Waals surface area contributed by atoms with Gasteiger partial charge in [-0.2, -0.15) is 0 Å². The van der Waals surface area contributed by atoms with Crippen molar-refractivity contribution < 1.29 is 17.9 Å². The summed E-state index contributed by atoms with van der Waals surface area (Å²) in [7, 11) is -3.56. The van der Waals surface area contributed by atoms with Crippen LogP contribution in [-0.4, -0.2) is 26.5 Å². The fraction of sp³-hybridized carbons (Fsp3) is 0.400. The zero-order chi connectivity index (χ0) is 16.1. The minimum absolute atomic E-state index is 0.0233. The lowest BCUT2D eigenvalue weighted by molar-refractivity contribution is -0.148. The molecule has 0 spiro atoms. The molecular formula is C15H21NO4S. The summed E-state index contributed by atoms with van der Waals surface area (Å²) in [5.74, 6) is -0.503. The summed E-state index contributed by atoms with van der Waals surface area (Å²) in [5.41, 5.74) is 0.418. The summed E-state index contributed by atoms with van der Waals surface area (Å²) < 4.78 is 31.4. The Bertz CT molecular complexity index is 610. The van der Waals surface area contributed by atoms with E-state index in [-0.39, 0.29) is 11.4 Å². The number of carbonyl (C=O) groups excluding carboxylic acids is 1. The Hall–Kier alpha value is -1.66. The summed E-state index contributed by atoms with van der Waals surface area (Å²) in [6.07, 6.45) is 2.63. The zero-order valence-electron chi connectivity index (χ0n) is 12.7. The summed E-state index contributed by atoms with van der Waals surface area (Å²) in [5, 5.41) is 0. The minimum atomic E-state index is -3.56. The number of aryl methyl sites for hydroxylation is 1. The summed E-state index contributed by atoms with van der Waals surface area (Å²) >= 11 is 0. The van der Waals surface area contributed by atoms with Gasteiger partial charge in [-0.05, 0) is 39.8 Å². The Morgan fingerprint density at radius 1 is 1.24 bits per heavy atom. The van der Waals surface area contributed by atoms with E-state index in [1.165, 1.54) is 24.3 Å². The van der Waals surface area contributed by atoms with Gasteiger partial charge in [0.2, 0.25) is 10.0 Å². The van der Waals surface area contributed by atoms with Crippen LogP contribution in [0.5, 0.6) is 0 Å². The standard InChI is InChI=1S/C15H21NO4S/c1-12-7-9-13(10-8-12)21(18,19)16-11-5-6-14(17)20-15(2,3)4/h5-10,16H,11H2,1-4H3/b6-5+. The lowest BCUT2D eigenvalue weighted by Crippen LogP contribution is -2.25. The number of hydrogen-bond acceptors (Lipinski definition) is 4. The lowest BCUT2D eigenvalue weighted by Gasteiger charge is -2.17. The Kier molecular flexibility index (Phi) is 5.69. The van der Waals surface area contributed by atoms with Gasteiger partial charge in [-0.1, -0.05) is 23.8 Å². The number of esters is 1. The average Bonchev–Trinajstić information content (AvgIpc) is 2.33. The molecule has 0 heterocycles. The maximum Gasteiger partial charge on any atom is 0.330 e. The van der Waals surface area contributed by atoms with Gasteiger partial charge in [0.15, 0.2) is 0 Å². The van der Waals surface area contributed by atoms with Crippen LogP contribution in [0.3, 0.4) is 0 Å². The molecule has 1 N–H and O–H groups in total. The zero-order valence-corrected chi connectivity index (χ0v) is 13.5. The van der Waals surface area contributed by atoms with Crippen molar-refractivity contribution >= 4 is 16.0 Å². The molecule has 0 saturated heterocycles. The first-order valence-electron chi connectivity index (χ1n) is 6.56. The van der Waals surface area contributed by atoms with Gasteiger partial charge in [-0.3, -0.25) is 0 Å². The number of benzene rings is 1. The van der Waals surface area contributed by atoms with E-state index in [2.05, 4.69) is 4.72 Å². The SMILES string of the molecule is Cc1ccc(S(=O)(=O)NC/C=C/C(=O)OC(C)(C)C)cc1. The van der Waals surface area contributed by atoms with Gasteiger partial charge in [0.05, 0.1) is 4.90 Å². The van der Waals surface area contributed by atoms with E-state index in [0.717, 1.165) is 5.56 Å². The first-order valence-corrected chi connectivity index (χ1v) is 8.04. The third-order valence-electron chi connectivity index (χ3n) is 2.38. The molecule has 0 bridgehead atoms. The third kappa shape index (κ3) is 6.55. The number of ether oxygens (including phenoxy) is 1. The van der Waals surface area contributed by atoms with Gasteiger partial charge in [0.1, 0.15) is 5.60 Å². The van der Waals surface area contributed by atoms with Crippen molar-refractivity contribution in [2.75, 3.05) is 6.54 Å². The highest BCUT2D eigenvalue weighted by Gasteiger charge is 2.14. The highest BCUT2D eigenvalue weighted by molar-refractivity contribution is 7.89. The Labute approximate surface area is 126 Å². The molecule has 5 nitrogen and oxygen atoms in total. The molecule has 0 unspecified atom stereocenters. The van der Waals surface area contributed by atoms with Crippen molar-refractivity contribution in [1.82, 2.24) is 4.72 Å². The van der Waals surface area contributed by atoms with Crippen LogP contribution in [-0.2, 0) is 19.6 Å². The average molecular weight is 311 g/mol. The first kappa shape index (κ1) is 17.4. The van der Waals surface area contributed by atoms with Crippen LogP contribution in [0.4, 0.5) is 0 Å². The molecule has 0 aliphatic heterocycles. The number of rotatable bonds is 5. The third-order valence-corrected chi connectivity index (χ3v) is 3.82. The van der Waals surface area contributed by atoms with Gasteiger partial charge < -0.3 is 4.74 Å². The Morgan fingerprint density at radius 3 is 2.33 bits per heavy atom. The van der Waals surface area contributed by atoms with Crippen LogP contribution >= 0.6 is 0 Å². The number of nitrogens with one attached hydrogen (secondary N) is 1. The highest BCUT2D eigenvalue weighted by atomic mass is 32.2. The molecule has 1 aromatic rings. The van der Waals surface area contributed by atoms with Crippen LogP contribution in [0.1, 0.15) is 26.3 Å². The van der Waals surface area contributed by atoms with E-state index >= 15 is 0 Å². The van der Waals surface area contributed by atoms with Crippen LogP contribution in [0.15, 0.2) is 41.3 Å². The molecule has 0 aliphatic carbocycles. The molecule has 0 aliphatic rings. The summed E-state index contributed by atoms with van der Waals surface area (Å²) in [6.45, 7) is 7.19. The smallest absolute Gasteiger partial charge is 0.330 e. The topological polar surface area (TPSA) is 72.5 Å². The van der Waals surface area contributed by atoms with Crippen molar-refractivity contribution in [1.29, 1.82) is 0 Å². The fourth-order valence-electron chi connectivity index (χ4n) is 1.45. The second kappa shape index (κ2) is 6.87. The fourth-order valence-corrected chi connectivity index (χ4v) is 2.43. The predicted molar refractivity (Wildman–Crippen MR) is 81.4 cm³/mol. The maximum atomic E-state index is 12.0. The molecule has 0 atom stereocenters. The molecule has 0 amide bonds. The monoisotopic (exact) mass is 311 g/mol. The van der Waals surface area contributed by atoms with Crippen LogP contribution in [0.25, 0.3) is 0 Å². The van der Waals surface area contributed by atoms with Crippen molar-refractivity contribution in [3.63, 3.8) is 0 Å². The van der Waals surface area contributed by atoms with Crippen molar-refractivity contribution in [2.45, 2.75) is 38.2 Å². The molecule has 116 valence electrons. The van der Waals surface area contributed by atoms with Gasteiger partial charge in [0, 0.05) is 12.6 Å². The largest absolute Gasteiger partial charge is 0.457 e. The molecule has 0 fully saturated rings. The van der Waals surface area contributed by atoms with Crippen LogP contribution in [0, 0.1) is 6.92 Å². The van der Waals surface area contributed by atoms with Gasteiger partial charge in [-0.15, -0.1) is 0 Å². The number of sulfonamides is 1. The molecule has 6 heteroatoms. The van der Waals surface area contributed by atoms with Gasteiger partial charge in [-0.25, -0.2) is 17.9 Å². The van der Waals surface area contributed by atoms with E-state index in [9.17, 15) is 13.2 Å². The molecule has 1 aromatic carbocycles. The van der Waals surface area contributed by atoms with Gasteiger partial charge >= 0.3 is 5.97 Å². The highest BCUT2D eigenvalue weighted by Crippen LogP contribution is 2.09. The first-order chi connectivity index (χ1) is 9.60.